The van der Waals surface area contributed by atoms with Crippen LogP contribution >= 0.6 is 19.6 Å². The number of nitrogens with zero attached hydrogens (tertiary/aromatic N) is 1. The van der Waals surface area contributed by atoms with E-state index in [1.807, 2.05) is 36.5 Å². The maximum atomic E-state index is 12.7. The van der Waals surface area contributed by atoms with Gasteiger partial charge in [-0.25, -0.2) is 4.57 Å². The zero-order valence-corrected chi connectivity index (χ0v) is 24.1. The van der Waals surface area contributed by atoms with Crippen molar-refractivity contribution in [3.63, 3.8) is 0 Å². The second-order valence-electron chi connectivity index (χ2n) is 9.91. The van der Waals surface area contributed by atoms with E-state index in [1.54, 1.807) is 30.0 Å². The molecule has 3 rings (SSSR count). The third-order valence-corrected chi connectivity index (χ3v) is 8.23. The Kier molecular flexibility index (Phi) is 13.5. The van der Waals surface area contributed by atoms with E-state index in [0.717, 1.165) is 36.4 Å². The normalized spacial score (nSPS) is 14.6. The molecule has 0 saturated carbocycles. The first-order valence-electron chi connectivity index (χ1n) is 14.0. The lowest BCUT2D eigenvalue weighted by Gasteiger charge is -2.17. The van der Waals surface area contributed by atoms with E-state index in [0.29, 0.717) is 11.5 Å². The fourth-order valence-electron chi connectivity index (χ4n) is 4.56. The van der Waals surface area contributed by atoms with E-state index >= 15 is 0 Å². The van der Waals surface area contributed by atoms with Gasteiger partial charge in [0.15, 0.2) is 0 Å². The van der Waals surface area contributed by atoms with Crippen LogP contribution in [0.3, 0.4) is 0 Å². The van der Waals surface area contributed by atoms with Gasteiger partial charge in [-0.05, 0) is 53.6 Å². The molecule has 1 aliphatic heterocycles. The van der Waals surface area contributed by atoms with Crippen molar-refractivity contribution in [1.29, 1.82) is 0 Å². The number of phosphoric ester groups is 1. The minimum absolute atomic E-state index is 0.326. The van der Waals surface area contributed by atoms with Crippen LogP contribution in [0.25, 0.3) is 0 Å². The Morgan fingerprint density at radius 2 is 1.35 bits per heavy atom. The smallest absolute Gasteiger partial charge is 0.395 e. The molecule has 2 aromatic rings. The highest BCUT2D eigenvalue weighted by Gasteiger charge is 2.25. The van der Waals surface area contributed by atoms with Gasteiger partial charge in [-0.15, -0.1) is 11.8 Å². The number of aryl methyl sites for hydroxylation is 1. The van der Waals surface area contributed by atoms with Crippen LogP contribution in [0.15, 0.2) is 60.1 Å². The number of benzene rings is 2. The van der Waals surface area contributed by atoms with Gasteiger partial charge >= 0.3 is 7.82 Å². The van der Waals surface area contributed by atoms with Crippen LogP contribution in [0.5, 0.6) is 11.5 Å². The maximum absolute atomic E-state index is 12.7. The Morgan fingerprint density at radius 1 is 0.811 bits per heavy atom. The van der Waals surface area contributed by atoms with Gasteiger partial charge in [0.1, 0.15) is 11.5 Å². The molecule has 0 fully saturated rings. The molecule has 0 amide bonds. The molecular weight excluding hydrogens is 501 g/mol. The van der Waals surface area contributed by atoms with Crippen molar-refractivity contribution in [3.05, 3.63) is 71.3 Å². The van der Waals surface area contributed by atoms with Crippen LogP contribution in [-0.4, -0.2) is 15.7 Å². The van der Waals surface area contributed by atoms with Crippen LogP contribution in [0.1, 0.15) is 95.1 Å². The molecule has 1 aliphatic rings. The molecule has 1 heterocycles. The molecule has 7 heteroatoms. The third-order valence-electron chi connectivity index (χ3n) is 6.55. The summed E-state index contributed by atoms with van der Waals surface area (Å²) >= 11 is 1.74. The number of thioether (sulfide) groups is 1. The topological polar surface area (TPSA) is 59.0 Å². The summed E-state index contributed by atoms with van der Waals surface area (Å²) in [6, 6.07) is 14.7. The number of rotatable bonds is 19. The number of hydrogen-bond acceptors (Lipinski definition) is 5. The second kappa shape index (κ2) is 16.9. The predicted octanol–water partition coefficient (Wildman–Crippen LogP) is 9.47. The second-order valence-corrected chi connectivity index (χ2v) is 12.1. The van der Waals surface area contributed by atoms with Gasteiger partial charge in [0.2, 0.25) is 0 Å². The van der Waals surface area contributed by atoms with Gasteiger partial charge in [-0.3, -0.25) is 4.89 Å². The highest BCUT2D eigenvalue weighted by atomic mass is 32.2. The van der Waals surface area contributed by atoms with E-state index in [2.05, 4.69) is 17.2 Å². The summed E-state index contributed by atoms with van der Waals surface area (Å²) in [6.07, 6.45) is 18.9. The Hall–Kier alpha value is -1.88. The summed E-state index contributed by atoms with van der Waals surface area (Å²) in [6.45, 7) is 2.99. The fraction of sp³-hybridized carbons (Fsp3) is 0.533. The molecule has 37 heavy (non-hydrogen) atoms. The van der Waals surface area contributed by atoms with Gasteiger partial charge in [-0.1, -0.05) is 102 Å². The van der Waals surface area contributed by atoms with E-state index in [9.17, 15) is 9.46 Å². The lowest BCUT2D eigenvalue weighted by atomic mass is 10.0. The number of unbranched alkanes of at least 4 members (excludes halogenated alkanes) is 11. The first-order chi connectivity index (χ1) is 18.0. The number of hydrogen-bond donors (Lipinski definition) is 1. The van der Waals surface area contributed by atoms with Crippen molar-refractivity contribution < 1.29 is 18.5 Å². The molecule has 1 N–H and O–H groups in total. The van der Waals surface area contributed by atoms with Crippen LogP contribution in [0, 0.1) is 0 Å². The average molecular weight is 546 g/mol. The quantitative estimate of drug-likeness (QED) is 0.140. The van der Waals surface area contributed by atoms with E-state index in [4.69, 9.17) is 9.05 Å². The largest absolute Gasteiger partial charge is 0.584 e. The lowest BCUT2D eigenvalue weighted by molar-refractivity contribution is 0.290. The minimum atomic E-state index is -4.30. The Bertz CT molecular complexity index is 999. The van der Waals surface area contributed by atoms with Gasteiger partial charge < -0.3 is 13.9 Å². The standard InChI is InChI=1S/C30H44NO4PS/c1-2-3-4-5-6-7-8-9-10-11-12-13-16-27-17-14-19-29(23-27)34-36(32,33)35-30-20-15-18-28(24-30)25-31-21-22-37-26-31/h14-15,17-24H,2-13,16,25-26H2,1H3,(H,32,33). The van der Waals surface area contributed by atoms with Crippen LogP contribution in [0.4, 0.5) is 0 Å². The fourth-order valence-corrected chi connectivity index (χ4v) is 6.07. The molecule has 0 bridgehead atoms. The van der Waals surface area contributed by atoms with Crippen LogP contribution in [-0.2, 0) is 17.5 Å². The first kappa shape index (κ1) is 29.7. The number of phosphoric acid groups is 1. The SMILES string of the molecule is CCCCCCCCCCCCCCc1cccc(OP(=O)(O)Oc2cccc(CN3C=CSC3)c2)c1. The zero-order chi connectivity index (χ0) is 26.2. The van der Waals surface area contributed by atoms with E-state index < -0.39 is 7.82 Å². The monoisotopic (exact) mass is 545 g/mol. The molecule has 0 aliphatic carbocycles. The molecule has 0 spiro atoms. The third kappa shape index (κ3) is 12.5. The summed E-state index contributed by atoms with van der Waals surface area (Å²) in [5.74, 6) is 1.59. The summed E-state index contributed by atoms with van der Waals surface area (Å²) in [4.78, 5) is 12.5. The molecule has 0 saturated heterocycles. The Morgan fingerprint density at radius 3 is 1.92 bits per heavy atom. The molecule has 5 nitrogen and oxygen atoms in total. The van der Waals surface area contributed by atoms with Gasteiger partial charge in [0, 0.05) is 12.7 Å². The van der Waals surface area contributed by atoms with Crippen LogP contribution < -0.4 is 9.05 Å². The average Bonchev–Trinajstić information content (AvgIpc) is 3.37. The van der Waals surface area contributed by atoms with Gasteiger partial charge in [-0.2, -0.15) is 0 Å². The van der Waals surface area contributed by atoms with Crippen molar-refractivity contribution in [3.8, 4) is 11.5 Å². The van der Waals surface area contributed by atoms with E-state index in [-0.39, 0.29) is 0 Å². The van der Waals surface area contributed by atoms with Gasteiger partial charge in [0.25, 0.3) is 0 Å². The van der Waals surface area contributed by atoms with Crippen molar-refractivity contribution in [2.24, 2.45) is 0 Å². The lowest BCUT2D eigenvalue weighted by Crippen LogP contribution is -2.12. The molecule has 204 valence electrons. The van der Waals surface area contributed by atoms with Crippen molar-refractivity contribution in [1.82, 2.24) is 4.90 Å². The van der Waals surface area contributed by atoms with Crippen LogP contribution in [0.2, 0.25) is 0 Å². The van der Waals surface area contributed by atoms with E-state index in [1.165, 1.54) is 70.6 Å². The van der Waals surface area contributed by atoms with Crippen molar-refractivity contribution in [2.45, 2.75) is 96.9 Å². The van der Waals surface area contributed by atoms with Gasteiger partial charge in [0.05, 0.1) is 5.88 Å². The minimum Gasteiger partial charge on any atom is -0.395 e. The summed E-state index contributed by atoms with van der Waals surface area (Å²) < 4.78 is 23.5. The summed E-state index contributed by atoms with van der Waals surface area (Å²) in [5.41, 5.74) is 2.12. The maximum Gasteiger partial charge on any atom is 0.584 e. The summed E-state index contributed by atoms with van der Waals surface area (Å²) in [7, 11) is -4.30. The molecule has 0 radical (unpaired) electrons. The highest BCUT2D eigenvalue weighted by molar-refractivity contribution is 8.02. The zero-order valence-electron chi connectivity index (χ0n) is 22.4. The highest BCUT2D eigenvalue weighted by Crippen LogP contribution is 2.44. The van der Waals surface area contributed by atoms with Crippen molar-refractivity contribution >= 4 is 19.6 Å². The van der Waals surface area contributed by atoms with Crippen molar-refractivity contribution in [2.75, 3.05) is 5.88 Å². The molecule has 0 aromatic heterocycles. The molecular formula is C30H44NO4PS. The molecule has 2 aromatic carbocycles. The molecule has 1 unspecified atom stereocenters. The Balaban J connectivity index is 1.34. The first-order valence-corrected chi connectivity index (χ1v) is 16.5. The Labute approximate surface area is 228 Å². The predicted molar refractivity (Wildman–Crippen MR) is 156 cm³/mol. The molecule has 1 atom stereocenters. The summed E-state index contributed by atoms with van der Waals surface area (Å²) in [5, 5.41) is 2.06.